The second-order valence-corrected chi connectivity index (χ2v) is 23.8. The molecule has 0 aliphatic heterocycles. The predicted octanol–water partition coefficient (Wildman–Crippen LogP) is 17.3. The monoisotopic (exact) mass is 870 g/mol. The maximum Gasteiger partial charge on any atom is 0.146 e. The maximum atomic E-state index is 5.96. The lowest BCUT2D eigenvalue weighted by molar-refractivity contribution is 0.590. The summed E-state index contributed by atoms with van der Waals surface area (Å²) in [4.78, 5) is 5.96. The molecule has 0 fully saturated rings. The van der Waals surface area contributed by atoms with E-state index in [0.717, 1.165) is 11.2 Å². The van der Waals surface area contributed by atoms with Gasteiger partial charge in [0.05, 0.1) is 44.1 Å². The first-order valence-electron chi connectivity index (χ1n) is 24.2. The molecule has 7 aromatic carbocycles. The minimum absolute atomic E-state index is 0.0382. The van der Waals surface area contributed by atoms with Crippen LogP contribution in [0.5, 0.6) is 0 Å². The van der Waals surface area contributed by atoms with Gasteiger partial charge >= 0.3 is 0 Å². The van der Waals surface area contributed by atoms with Crippen molar-refractivity contribution < 1.29 is 0 Å². The highest BCUT2D eigenvalue weighted by Crippen LogP contribution is 2.49. The fourth-order valence-electron chi connectivity index (χ4n) is 11.5. The van der Waals surface area contributed by atoms with E-state index in [1.54, 1.807) is 0 Å². The number of hydrogen-bond donors (Lipinski definition) is 0. The zero-order valence-electron chi connectivity index (χ0n) is 41.0. The minimum Gasteiger partial charge on any atom is -0.309 e. The highest BCUT2D eigenvalue weighted by Gasteiger charge is 2.30. The van der Waals surface area contributed by atoms with Gasteiger partial charge in [-0.1, -0.05) is 132 Å². The van der Waals surface area contributed by atoms with Crippen LogP contribution in [0.2, 0.25) is 0 Å². The summed E-state index contributed by atoms with van der Waals surface area (Å²) in [5.41, 5.74) is 19.5. The highest BCUT2D eigenvalue weighted by molar-refractivity contribution is 6.29. The summed E-state index contributed by atoms with van der Waals surface area (Å²) in [5.74, 6) is 0. The molecule has 13 rings (SSSR count). The van der Waals surface area contributed by atoms with Crippen LogP contribution >= 0.6 is 0 Å². The normalized spacial score (nSPS) is 13.7. The van der Waals surface area contributed by atoms with Crippen molar-refractivity contribution in [1.29, 1.82) is 0 Å². The second kappa shape index (κ2) is 12.9. The second-order valence-electron chi connectivity index (χ2n) is 23.8. The summed E-state index contributed by atoms with van der Waals surface area (Å²) >= 11 is 0. The van der Waals surface area contributed by atoms with Crippen molar-refractivity contribution in [1.82, 2.24) is 18.4 Å². The van der Waals surface area contributed by atoms with Gasteiger partial charge in [0.2, 0.25) is 0 Å². The molecule has 0 unspecified atom stereocenters. The van der Waals surface area contributed by atoms with Gasteiger partial charge in [0.25, 0.3) is 0 Å². The Hall–Kier alpha value is -6.91. The fourth-order valence-corrected chi connectivity index (χ4v) is 11.5. The van der Waals surface area contributed by atoms with Gasteiger partial charge in [0.1, 0.15) is 5.65 Å². The van der Waals surface area contributed by atoms with Gasteiger partial charge in [-0.2, -0.15) is 0 Å². The third-order valence-electron chi connectivity index (χ3n) is 15.3. The van der Waals surface area contributed by atoms with Crippen molar-refractivity contribution in [3.05, 3.63) is 156 Å². The average Bonchev–Trinajstić information content (AvgIpc) is 4.06. The largest absolute Gasteiger partial charge is 0.309 e. The van der Waals surface area contributed by atoms with Crippen LogP contribution in [0.1, 0.15) is 105 Å². The van der Waals surface area contributed by atoms with Crippen LogP contribution < -0.4 is 0 Å². The molecule has 6 heterocycles. The quantitative estimate of drug-likeness (QED) is 0.170. The molecular formula is C63H58N4. The first kappa shape index (κ1) is 40.4. The van der Waals surface area contributed by atoms with E-state index in [9.17, 15) is 0 Å². The Bertz CT molecular complexity index is 4220. The van der Waals surface area contributed by atoms with Crippen molar-refractivity contribution in [3.63, 3.8) is 0 Å². The smallest absolute Gasteiger partial charge is 0.146 e. The van der Waals surface area contributed by atoms with Crippen molar-refractivity contribution >= 4 is 98.3 Å². The molecule has 0 saturated heterocycles. The summed E-state index contributed by atoms with van der Waals surface area (Å²) in [6, 6.07) is 51.3. The molecule has 0 spiro atoms. The van der Waals surface area contributed by atoms with E-state index in [1.807, 2.05) is 0 Å². The van der Waals surface area contributed by atoms with Crippen molar-refractivity contribution in [3.8, 4) is 16.8 Å². The van der Waals surface area contributed by atoms with E-state index in [4.69, 9.17) is 4.98 Å². The van der Waals surface area contributed by atoms with Gasteiger partial charge in [-0.05, 0) is 134 Å². The Kier molecular flexibility index (Phi) is 7.80. The van der Waals surface area contributed by atoms with Crippen LogP contribution in [0.3, 0.4) is 0 Å². The van der Waals surface area contributed by atoms with Crippen LogP contribution in [0.4, 0.5) is 0 Å². The van der Waals surface area contributed by atoms with Crippen LogP contribution in [-0.4, -0.2) is 18.4 Å². The summed E-state index contributed by atoms with van der Waals surface area (Å²) in [7, 11) is 0. The molecule has 0 bridgehead atoms. The molecule has 67 heavy (non-hydrogen) atoms. The molecule has 330 valence electrons. The van der Waals surface area contributed by atoms with Crippen LogP contribution in [0.15, 0.2) is 133 Å². The molecule has 0 saturated carbocycles. The Morgan fingerprint density at radius 3 is 1.52 bits per heavy atom. The summed E-state index contributed by atoms with van der Waals surface area (Å²) < 4.78 is 7.49. The van der Waals surface area contributed by atoms with Gasteiger partial charge in [-0.3, -0.25) is 4.40 Å². The van der Waals surface area contributed by atoms with Crippen LogP contribution in [0, 0.1) is 0 Å². The zero-order chi connectivity index (χ0) is 46.4. The first-order valence-corrected chi connectivity index (χ1v) is 24.2. The highest BCUT2D eigenvalue weighted by atomic mass is 15.0. The summed E-state index contributed by atoms with van der Waals surface area (Å²) in [6.45, 7) is 28.1. The number of benzene rings is 7. The lowest BCUT2D eigenvalue weighted by Crippen LogP contribution is -2.11. The molecule has 0 aliphatic rings. The van der Waals surface area contributed by atoms with Crippen molar-refractivity contribution in [2.75, 3.05) is 0 Å². The predicted molar refractivity (Wildman–Crippen MR) is 288 cm³/mol. The lowest BCUT2D eigenvalue weighted by Gasteiger charge is -2.22. The van der Waals surface area contributed by atoms with Crippen LogP contribution in [-0.2, 0) is 21.7 Å². The molecule has 13 aromatic rings. The van der Waals surface area contributed by atoms with Gasteiger partial charge in [-0.15, -0.1) is 0 Å². The Balaban J connectivity index is 1.20. The molecule has 0 amide bonds. The SMILES string of the molecule is CC(C)(C)c1ccc2c(c1)c1cc(C(C)(C)C)cc3c4nc5c(cc4n2c13)c1cc(C(C)(C)C)cc2c3cc(C(C)(C)C)cc(-c4ccc6c(c4)c4ccccc4n6-c4ccccc4)c3n5c12. The molecule has 4 heteroatoms. The zero-order valence-corrected chi connectivity index (χ0v) is 41.0. The molecule has 0 N–H and O–H groups in total. The van der Waals surface area contributed by atoms with Crippen LogP contribution in [0.25, 0.3) is 115 Å². The Labute approximate surface area is 392 Å². The van der Waals surface area contributed by atoms with E-state index in [2.05, 4.69) is 230 Å². The number of para-hydroxylation sites is 2. The molecular weight excluding hydrogens is 813 g/mol. The average molecular weight is 871 g/mol. The topological polar surface area (TPSA) is 26.6 Å². The number of rotatable bonds is 2. The molecule has 0 aliphatic carbocycles. The fraction of sp³-hybridized carbons (Fsp3) is 0.254. The number of pyridine rings is 1. The van der Waals surface area contributed by atoms with Crippen molar-refractivity contribution in [2.45, 2.75) is 105 Å². The third-order valence-corrected chi connectivity index (χ3v) is 15.3. The number of nitrogens with zero attached hydrogens (tertiary/aromatic N) is 4. The number of aromatic nitrogens is 4. The minimum atomic E-state index is -0.0797. The van der Waals surface area contributed by atoms with E-state index < -0.39 is 0 Å². The van der Waals surface area contributed by atoms with E-state index >= 15 is 0 Å². The van der Waals surface area contributed by atoms with Gasteiger partial charge in [0.15, 0.2) is 0 Å². The van der Waals surface area contributed by atoms with E-state index in [-0.39, 0.29) is 21.7 Å². The van der Waals surface area contributed by atoms with E-state index in [0.29, 0.717) is 0 Å². The number of hydrogen-bond acceptors (Lipinski definition) is 1. The van der Waals surface area contributed by atoms with Gasteiger partial charge in [0, 0.05) is 59.7 Å². The summed E-state index contributed by atoms with van der Waals surface area (Å²) in [6.07, 6.45) is 0. The first-order chi connectivity index (χ1) is 31.8. The third kappa shape index (κ3) is 5.56. The lowest BCUT2D eigenvalue weighted by atomic mass is 9.83. The van der Waals surface area contributed by atoms with Gasteiger partial charge < -0.3 is 8.97 Å². The van der Waals surface area contributed by atoms with Crippen molar-refractivity contribution in [2.24, 2.45) is 0 Å². The summed E-state index contributed by atoms with van der Waals surface area (Å²) in [5, 5.41) is 11.4. The molecule has 0 radical (unpaired) electrons. The molecule has 4 nitrogen and oxygen atoms in total. The van der Waals surface area contributed by atoms with E-state index in [1.165, 1.54) is 126 Å². The Morgan fingerprint density at radius 2 is 0.851 bits per heavy atom. The Morgan fingerprint density at radius 1 is 0.343 bits per heavy atom. The van der Waals surface area contributed by atoms with Gasteiger partial charge in [-0.25, -0.2) is 4.98 Å². The molecule has 6 aromatic heterocycles. The molecule has 0 atom stereocenters. The maximum absolute atomic E-state index is 5.96. The number of fused-ring (bicyclic) bond motifs is 15. The standard InChI is InChI=1S/C63H58N4/c1-60(2,3)36-23-25-53-44(27-36)45-29-39(63(10,11)12)33-50-55-54(66(53)58(45)50)34-49-48-32-38(62(7,8)9)31-47-46-30-37(61(4,5)6)28-42(56(46)67(57(47)48)59(49)64-55)35-22-24-52-43(26-35)41-20-16-17-21-51(41)65(52)40-18-14-13-15-19-40/h13-34H,1-12H3.